The lowest BCUT2D eigenvalue weighted by molar-refractivity contribution is -0.126. The van der Waals surface area contributed by atoms with Crippen molar-refractivity contribution >= 4 is 15.9 Å². The van der Waals surface area contributed by atoms with Crippen LogP contribution in [-0.2, 0) is 28.0 Å². The molecule has 0 aromatic heterocycles. The predicted octanol–water partition coefficient (Wildman–Crippen LogP) is 3.98. The first-order chi connectivity index (χ1) is 16.0. The van der Waals surface area contributed by atoms with E-state index >= 15 is 0 Å². The number of benzene rings is 3. The average molecular weight is 465 g/mol. The zero-order valence-corrected chi connectivity index (χ0v) is 19.2. The first kappa shape index (κ1) is 23.0. The third kappa shape index (κ3) is 6.00. The summed E-state index contributed by atoms with van der Waals surface area (Å²) >= 11 is 0. The van der Waals surface area contributed by atoms with Gasteiger partial charge in [-0.05, 0) is 48.2 Å². The molecule has 0 spiro atoms. The maximum absolute atomic E-state index is 12.8. The molecule has 6 nitrogen and oxygen atoms in total. The van der Waals surface area contributed by atoms with Crippen LogP contribution in [0.3, 0.4) is 0 Å². The number of carbonyl (C=O) groups is 1. The topological polar surface area (TPSA) is 75.7 Å². The van der Waals surface area contributed by atoms with Gasteiger partial charge in [0, 0.05) is 25.6 Å². The molecule has 1 saturated heterocycles. The van der Waals surface area contributed by atoms with Gasteiger partial charge in [0.25, 0.3) is 0 Å². The molecule has 0 aliphatic carbocycles. The van der Waals surface area contributed by atoms with E-state index in [0.717, 1.165) is 16.9 Å². The van der Waals surface area contributed by atoms with Crippen molar-refractivity contribution in [1.82, 2.24) is 9.62 Å². The van der Waals surface area contributed by atoms with Gasteiger partial charge >= 0.3 is 0 Å². The Bertz CT molecular complexity index is 1160. The molecule has 3 aromatic carbocycles. The summed E-state index contributed by atoms with van der Waals surface area (Å²) < 4.78 is 32.8. The minimum Gasteiger partial charge on any atom is -0.489 e. The Morgan fingerprint density at radius 3 is 2.21 bits per heavy atom. The minimum atomic E-state index is -3.51. The van der Waals surface area contributed by atoms with Gasteiger partial charge in [0.1, 0.15) is 12.4 Å². The lowest BCUT2D eigenvalue weighted by atomic mass is 9.97. The summed E-state index contributed by atoms with van der Waals surface area (Å²) in [4.78, 5) is 13.0. The monoisotopic (exact) mass is 464 g/mol. The van der Waals surface area contributed by atoms with Crippen molar-refractivity contribution in [3.63, 3.8) is 0 Å². The molecule has 1 fully saturated rings. The molecular formula is C26H28N2O4S. The summed E-state index contributed by atoms with van der Waals surface area (Å²) in [5, 5.41) is 3.01. The summed E-state index contributed by atoms with van der Waals surface area (Å²) in [7, 11) is -3.51. The second kappa shape index (κ2) is 10.6. The van der Waals surface area contributed by atoms with Gasteiger partial charge in [-0.25, -0.2) is 8.42 Å². The first-order valence-electron chi connectivity index (χ1n) is 11.1. The van der Waals surface area contributed by atoms with E-state index in [1.807, 2.05) is 54.6 Å². The Morgan fingerprint density at radius 1 is 0.879 bits per heavy atom. The number of nitrogens with one attached hydrogen (secondary N) is 1. The number of carbonyl (C=O) groups excluding carboxylic acids is 1. The van der Waals surface area contributed by atoms with Crippen LogP contribution >= 0.6 is 0 Å². The fourth-order valence-electron chi connectivity index (χ4n) is 3.95. The summed E-state index contributed by atoms with van der Waals surface area (Å²) in [6.45, 7) is 1.59. The van der Waals surface area contributed by atoms with Gasteiger partial charge in [-0.2, -0.15) is 4.31 Å². The van der Waals surface area contributed by atoms with Crippen LogP contribution in [0.2, 0.25) is 0 Å². The Balaban J connectivity index is 1.26. The lowest BCUT2D eigenvalue weighted by Crippen LogP contribution is -2.42. The van der Waals surface area contributed by atoms with Crippen molar-refractivity contribution in [3.05, 3.63) is 96.1 Å². The Hall–Kier alpha value is -3.16. The smallest absolute Gasteiger partial charge is 0.243 e. The van der Waals surface area contributed by atoms with Crippen molar-refractivity contribution < 1.29 is 17.9 Å². The van der Waals surface area contributed by atoms with Crippen molar-refractivity contribution in [2.45, 2.75) is 30.9 Å². The van der Waals surface area contributed by atoms with Crippen molar-refractivity contribution in [2.75, 3.05) is 13.1 Å². The van der Waals surface area contributed by atoms with Gasteiger partial charge in [0.05, 0.1) is 4.90 Å². The number of hydrogen-bond acceptors (Lipinski definition) is 4. The number of hydrogen-bond donors (Lipinski definition) is 1. The summed E-state index contributed by atoms with van der Waals surface area (Å²) in [6, 6.07) is 26.0. The standard InChI is InChI=1S/C26H28N2O4S/c29-26(23-14-16-28(17-15-23)33(30,31)25-12-5-2-6-13-25)27-19-21-8-7-9-22(18-21)20-32-24-10-3-1-4-11-24/h1-13,18,23H,14-17,19-20H2,(H,27,29). The average Bonchev–Trinajstić information content (AvgIpc) is 2.87. The molecule has 1 amide bonds. The van der Waals surface area contributed by atoms with Crippen LogP contribution in [0, 0.1) is 5.92 Å². The first-order valence-corrected chi connectivity index (χ1v) is 12.5. The highest BCUT2D eigenvalue weighted by atomic mass is 32.2. The van der Waals surface area contributed by atoms with E-state index in [0.29, 0.717) is 44.0 Å². The van der Waals surface area contributed by atoms with E-state index in [1.54, 1.807) is 30.3 Å². The molecule has 33 heavy (non-hydrogen) atoms. The molecule has 172 valence electrons. The van der Waals surface area contributed by atoms with E-state index in [2.05, 4.69) is 5.32 Å². The van der Waals surface area contributed by atoms with Gasteiger partial charge in [-0.1, -0.05) is 60.7 Å². The molecule has 4 rings (SSSR count). The zero-order chi connectivity index (χ0) is 23.1. The number of ether oxygens (including phenoxy) is 1. The molecule has 0 unspecified atom stereocenters. The third-order valence-electron chi connectivity index (χ3n) is 5.81. The maximum atomic E-state index is 12.8. The van der Waals surface area contributed by atoms with Crippen LogP contribution in [0.1, 0.15) is 24.0 Å². The number of para-hydroxylation sites is 1. The van der Waals surface area contributed by atoms with Crippen LogP contribution in [0.15, 0.2) is 89.8 Å². The number of piperidine rings is 1. The Kier molecular flexibility index (Phi) is 7.42. The number of rotatable bonds is 8. The highest BCUT2D eigenvalue weighted by Crippen LogP contribution is 2.24. The third-order valence-corrected chi connectivity index (χ3v) is 7.73. The molecule has 0 saturated carbocycles. The molecule has 1 aliphatic heterocycles. The molecule has 1 heterocycles. The second-order valence-corrected chi connectivity index (χ2v) is 10.1. The molecular weight excluding hydrogens is 436 g/mol. The zero-order valence-electron chi connectivity index (χ0n) is 18.4. The van der Waals surface area contributed by atoms with E-state index in [4.69, 9.17) is 4.74 Å². The highest BCUT2D eigenvalue weighted by molar-refractivity contribution is 7.89. The largest absolute Gasteiger partial charge is 0.489 e. The second-order valence-electron chi connectivity index (χ2n) is 8.13. The fraction of sp³-hybridized carbons (Fsp3) is 0.269. The van der Waals surface area contributed by atoms with Gasteiger partial charge < -0.3 is 10.1 Å². The predicted molar refractivity (Wildman–Crippen MR) is 127 cm³/mol. The quantitative estimate of drug-likeness (QED) is 0.547. The molecule has 1 N–H and O–H groups in total. The van der Waals surface area contributed by atoms with Crippen LogP contribution in [0.25, 0.3) is 0 Å². The van der Waals surface area contributed by atoms with E-state index in [1.165, 1.54) is 4.31 Å². The highest BCUT2D eigenvalue weighted by Gasteiger charge is 2.31. The number of sulfonamides is 1. The van der Waals surface area contributed by atoms with Crippen LogP contribution in [0.5, 0.6) is 5.75 Å². The molecule has 0 bridgehead atoms. The lowest BCUT2D eigenvalue weighted by Gasteiger charge is -2.30. The fourth-order valence-corrected chi connectivity index (χ4v) is 5.44. The van der Waals surface area contributed by atoms with Gasteiger partial charge in [0.2, 0.25) is 15.9 Å². The summed E-state index contributed by atoms with van der Waals surface area (Å²) in [5.74, 6) is 0.603. The molecule has 3 aromatic rings. The van der Waals surface area contributed by atoms with E-state index in [-0.39, 0.29) is 11.8 Å². The van der Waals surface area contributed by atoms with Crippen molar-refractivity contribution in [2.24, 2.45) is 5.92 Å². The van der Waals surface area contributed by atoms with E-state index < -0.39 is 10.0 Å². The van der Waals surface area contributed by atoms with Crippen LogP contribution in [-0.4, -0.2) is 31.7 Å². The molecule has 0 atom stereocenters. The van der Waals surface area contributed by atoms with Crippen molar-refractivity contribution in [1.29, 1.82) is 0 Å². The van der Waals surface area contributed by atoms with Gasteiger partial charge in [0.15, 0.2) is 0 Å². The maximum Gasteiger partial charge on any atom is 0.243 e. The SMILES string of the molecule is O=C(NCc1cccc(COc2ccccc2)c1)C1CCN(S(=O)(=O)c2ccccc2)CC1. The van der Waals surface area contributed by atoms with Gasteiger partial charge in [-0.15, -0.1) is 0 Å². The van der Waals surface area contributed by atoms with Crippen molar-refractivity contribution in [3.8, 4) is 5.75 Å². The normalized spacial score (nSPS) is 15.2. The van der Waals surface area contributed by atoms with Crippen LogP contribution in [0.4, 0.5) is 0 Å². The van der Waals surface area contributed by atoms with E-state index in [9.17, 15) is 13.2 Å². The van der Waals surface area contributed by atoms with Gasteiger partial charge in [-0.3, -0.25) is 4.79 Å². The number of amides is 1. The Labute approximate surface area is 195 Å². The number of nitrogens with zero attached hydrogens (tertiary/aromatic N) is 1. The summed E-state index contributed by atoms with van der Waals surface area (Å²) in [6.07, 6.45) is 1.03. The summed E-state index contributed by atoms with van der Waals surface area (Å²) in [5.41, 5.74) is 2.03. The van der Waals surface area contributed by atoms with Crippen LogP contribution < -0.4 is 10.1 Å². The Morgan fingerprint density at radius 2 is 1.52 bits per heavy atom. The minimum absolute atomic E-state index is 0.0299. The molecule has 0 radical (unpaired) electrons. The molecule has 7 heteroatoms. The molecule has 1 aliphatic rings.